The van der Waals surface area contributed by atoms with Crippen molar-refractivity contribution in [2.75, 3.05) is 20.8 Å². The average Bonchev–Trinajstić information content (AvgIpc) is 2.52. The largest absolute Gasteiger partial charge is 0.493 e. The van der Waals surface area contributed by atoms with Crippen LogP contribution >= 0.6 is 0 Å². The van der Waals surface area contributed by atoms with Crippen LogP contribution in [0.3, 0.4) is 0 Å². The van der Waals surface area contributed by atoms with E-state index in [1.165, 1.54) is 5.56 Å². The summed E-state index contributed by atoms with van der Waals surface area (Å²) in [5, 5.41) is 0. The molecule has 0 saturated carbocycles. The van der Waals surface area contributed by atoms with Crippen LogP contribution < -0.4 is 9.47 Å². The summed E-state index contributed by atoms with van der Waals surface area (Å²) in [5.41, 5.74) is 2.31. The van der Waals surface area contributed by atoms with Gasteiger partial charge in [-0.05, 0) is 35.7 Å². The number of ether oxygens (including phenoxy) is 2. The van der Waals surface area contributed by atoms with Crippen LogP contribution in [0.15, 0.2) is 53.5 Å². The van der Waals surface area contributed by atoms with Crippen molar-refractivity contribution in [3.63, 3.8) is 0 Å². The molecule has 0 N–H and O–H groups in total. The number of methoxy groups -OCH3 is 2. The first kappa shape index (κ1) is 14.1. The number of rotatable bonds is 6. The van der Waals surface area contributed by atoms with Gasteiger partial charge in [-0.3, -0.25) is 4.99 Å². The molecule has 0 bridgehead atoms. The van der Waals surface area contributed by atoms with Crippen LogP contribution in [-0.2, 0) is 6.42 Å². The van der Waals surface area contributed by atoms with Crippen molar-refractivity contribution in [2.45, 2.75) is 6.42 Å². The lowest BCUT2D eigenvalue weighted by molar-refractivity contribution is 0.355. The number of nitrogens with zero attached hydrogens (tertiary/aromatic N) is 1. The van der Waals surface area contributed by atoms with E-state index in [1.807, 2.05) is 42.6 Å². The van der Waals surface area contributed by atoms with Crippen LogP contribution in [0, 0.1) is 0 Å². The topological polar surface area (TPSA) is 30.8 Å². The first-order valence-corrected chi connectivity index (χ1v) is 6.59. The molecule has 3 heteroatoms. The van der Waals surface area contributed by atoms with Crippen molar-refractivity contribution < 1.29 is 9.47 Å². The lowest BCUT2D eigenvalue weighted by Crippen LogP contribution is -1.93. The Morgan fingerprint density at radius 1 is 0.950 bits per heavy atom. The molecular weight excluding hydrogens is 250 g/mol. The van der Waals surface area contributed by atoms with Gasteiger partial charge in [0.15, 0.2) is 11.5 Å². The van der Waals surface area contributed by atoms with Crippen molar-refractivity contribution >= 4 is 6.21 Å². The zero-order chi connectivity index (χ0) is 14.2. The quantitative estimate of drug-likeness (QED) is 0.753. The van der Waals surface area contributed by atoms with Crippen LogP contribution in [0.4, 0.5) is 0 Å². The predicted molar refractivity (Wildman–Crippen MR) is 82.2 cm³/mol. The first-order valence-electron chi connectivity index (χ1n) is 6.59. The van der Waals surface area contributed by atoms with E-state index in [2.05, 4.69) is 17.1 Å². The second-order valence-corrected chi connectivity index (χ2v) is 4.39. The summed E-state index contributed by atoms with van der Waals surface area (Å²) in [4.78, 5) is 4.45. The van der Waals surface area contributed by atoms with Gasteiger partial charge in [0.25, 0.3) is 0 Å². The van der Waals surface area contributed by atoms with Crippen LogP contribution in [0.2, 0.25) is 0 Å². The van der Waals surface area contributed by atoms with Crippen LogP contribution in [0.25, 0.3) is 0 Å². The van der Waals surface area contributed by atoms with Gasteiger partial charge in [0, 0.05) is 12.8 Å². The maximum absolute atomic E-state index is 5.27. The molecule has 0 aliphatic heterocycles. The van der Waals surface area contributed by atoms with Crippen molar-refractivity contribution in [1.29, 1.82) is 0 Å². The number of hydrogen-bond acceptors (Lipinski definition) is 3. The minimum Gasteiger partial charge on any atom is -0.493 e. The smallest absolute Gasteiger partial charge is 0.161 e. The molecular formula is C17H19NO2. The summed E-state index contributed by atoms with van der Waals surface area (Å²) in [6.07, 6.45) is 2.82. The minimum absolute atomic E-state index is 0.722. The van der Waals surface area contributed by atoms with Crippen molar-refractivity contribution in [1.82, 2.24) is 0 Å². The third-order valence-corrected chi connectivity index (χ3v) is 3.02. The van der Waals surface area contributed by atoms with Crippen LogP contribution in [-0.4, -0.2) is 27.0 Å². The fourth-order valence-electron chi connectivity index (χ4n) is 1.94. The Labute approximate surface area is 119 Å². The van der Waals surface area contributed by atoms with Gasteiger partial charge in [-0.1, -0.05) is 30.3 Å². The van der Waals surface area contributed by atoms with Crippen molar-refractivity contribution in [2.24, 2.45) is 4.99 Å². The molecule has 20 heavy (non-hydrogen) atoms. The van der Waals surface area contributed by atoms with Gasteiger partial charge in [0.2, 0.25) is 0 Å². The van der Waals surface area contributed by atoms with E-state index in [-0.39, 0.29) is 0 Å². The molecule has 2 rings (SSSR count). The zero-order valence-electron chi connectivity index (χ0n) is 11.9. The molecule has 0 amide bonds. The molecule has 0 aliphatic carbocycles. The maximum Gasteiger partial charge on any atom is 0.161 e. The van der Waals surface area contributed by atoms with E-state index in [0.29, 0.717) is 0 Å². The van der Waals surface area contributed by atoms with Crippen molar-refractivity contribution in [3.8, 4) is 11.5 Å². The van der Waals surface area contributed by atoms with Crippen LogP contribution in [0.1, 0.15) is 11.1 Å². The molecule has 0 heterocycles. The first-order chi connectivity index (χ1) is 9.83. The molecule has 0 unspecified atom stereocenters. The lowest BCUT2D eigenvalue weighted by Gasteiger charge is -2.07. The summed E-state index contributed by atoms with van der Waals surface area (Å²) in [6, 6.07) is 16.1. The molecule has 0 atom stereocenters. The van der Waals surface area contributed by atoms with Gasteiger partial charge in [-0.2, -0.15) is 0 Å². The molecule has 2 aromatic carbocycles. The van der Waals surface area contributed by atoms with Crippen molar-refractivity contribution in [3.05, 3.63) is 59.7 Å². The van der Waals surface area contributed by atoms with Gasteiger partial charge in [0.05, 0.1) is 14.2 Å². The Bertz CT molecular complexity index is 564. The summed E-state index contributed by atoms with van der Waals surface area (Å²) < 4.78 is 10.5. The summed E-state index contributed by atoms with van der Waals surface area (Å²) in [5.74, 6) is 1.45. The second kappa shape index (κ2) is 7.34. The summed E-state index contributed by atoms with van der Waals surface area (Å²) in [6.45, 7) is 0.776. The Morgan fingerprint density at radius 2 is 1.70 bits per heavy atom. The Hall–Kier alpha value is -2.29. The monoisotopic (exact) mass is 269 g/mol. The van der Waals surface area contributed by atoms with E-state index in [1.54, 1.807) is 14.2 Å². The van der Waals surface area contributed by atoms with Crippen LogP contribution in [0.5, 0.6) is 11.5 Å². The van der Waals surface area contributed by atoms with E-state index in [9.17, 15) is 0 Å². The highest BCUT2D eigenvalue weighted by molar-refractivity contribution is 5.80. The molecule has 0 fully saturated rings. The zero-order valence-corrected chi connectivity index (χ0v) is 11.9. The van der Waals surface area contributed by atoms with E-state index in [4.69, 9.17) is 9.47 Å². The standard InChI is InChI=1S/C17H19NO2/c1-19-16-9-8-15(12-17(16)20-2)13-18-11-10-14-6-4-3-5-7-14/h3-9,12-13H,10-11H2,1-2H3. The molecule has 104 valence electrons. The van der Waals surface area contributed by atoms with E-state index in [0.717, 1.165) is 30.0 Å². The number of hydrogen-bond donors (Lipinski definition) is 0. The lowest BCUT2D eigenvalue weighted by atomic mass is 10.1. The van der Waals surface area contributed by atoms with E-state index < -0.39 is 0 Å². The Balaban J connectivity index is 1.94. The maximum atomic E-state index is 5.27. The number of aliphatic imine (C=N–C) groups is 1. The van der Waals surface area contributed by atoms with Gasteiger partial charge < -0.3 is 9.47 Å². The molecule has 0 saturated heterocycles. The predicted octanol–water partition coefficient (Wildman–Crippen LogP) is 3.37. The SMILES string of the molecule is COc1ccc(C=NCCc2ccccc2)cc1OC. The molecule has 0 spiro atoms. The molecule has 0 aromatic heterocycles. The third kappa shape index (κ3) is 3.85. The third-order valence-electron chi connectivity index (χ3n) is 3.02. The normalized spacial score (nSPS) is 10.7. The second-order valence-electron chi connectivity index (χ2n) is 4.39. The molecule has 2 aromatic rings. The molecule has 0 aliphatic rings. The molecule has 3 nitrogen and oxygen atoms in total. The summed E-state index contributed by atoms with van der Waals surface area (Å²) >= 11 is 0. The van der Waals surface area contributed by atoms with Gasteiger partial charge in [-0.25, -0.2) is 0 Å². The van der Waals surface area contributed by atoms with Gasteiger partial charge in [0.1, 0.15) is 0 Å². The van der Waals surface area contributed by atoms with E-state index >= 15 is 0 Å². The highest BCUT2D eigenvalue weighted by Gasteiger charge is 2.02. The fourth-order valence-corrected chi connectivity index (χ4v) is 1.94. The minimum atomic E-state index is 0.722. The highest BCUT2D eigenvalue weighted by Crippen LogP contribution is 2.26. The summed E-state index contributed by atoms with van der Waals surface area (Å²) in [7, 11) is 3.26. The Kier molecular flexibility index (Phi) is 5.18. The van der Waals surface area contributed by atoms with Gasteiger partial charge in [-0.15, -0.1) is 0 Å². The Morgan fingerprint density at radius 3 is 2.40 bits per heavy atom. The van der Waals surface area contributed by atoms with Gasteiger partial charge >= 0.3 is 0 Å². The average molecular weight is 269 g/mol. The molecule has 0 radical (unpaired) electrons. The highest BCUT2D eigenvalue weighted by atomic mass is 16.5. The fraction of sp³-hybridized carbons (Fsp3) is 0.235. The number of benzene rings is 2.